The maximum atomic E-state index is 3.61. The molecule has 2 aliphatic heterocycles. The lowest BCUT2D eigenvalue weighted by Gasteiger charge is -2.42. The van der Waals surface area contributed by atoms with Crippen molar-refractivity contribution >= 4 is 11.4 Å². The summed E-state index contributed by atoms with van der Waals surface area (Å²) in [7, 11) is 0. The second-order valence-corrected chi connectivity index (χ2v) is 5.87. The number of anilines is 2. The molecule has 96 valence electrons. The van der Waals surface area contributed by atoms with E-state index in [0.29, 0.717) is 5.41 Å². The van der Waals surface area contributed by atoms with Gasteiger partial charge in [-0.15, -0.1) is 0 Å². The minimum Gasteiger partial charge on any atom is -0.384 e. The van der Waals surface area contributed by atoms with Gasteiger partial charge >= 0.3 is 0 Å². The molecule has 19 heavy (non-hydrogen) atoms. The highest BCUT2D eigenvalue weighted by atomic mass is 15.0. The standard InChI is InChI=1S/C17H18N2/c1-3-7-15-13(5-1)9-17(11-18-15)10-14-6-2-4-8-16(14)19-12-17/h1-8,18-19H,9-12H2. The average Bonchev–Trinajstić information content (AvgIpc) is 2.47. The Bertz CT molecular complexity index is 563. The Morgan fingerprint density at radius 3 is 1.68 bits per heavy atom. The molecule has 0 aromatic heterocycles. The van der Waals surface area contributed by atoms with E-state index in [4.69, 9.17) is 0 Å². The van der Waals surface area contributed by atoms with E-state index in [0.717, 1.165) is 25.9 Å². The smallest absolute Gasteiger partial charge is 0.0373 e. The normalized spacial score (nSPS) is 18.9. The lowest BCUT2D eigenvalue weighted by molar-refractivity contribution is 0.308. The van der Waals surface area contributed by atoms with Crippen LogP contribution >= 0.6 is 0 Å². The lowest BCUT2D eigenvalue weighted by atomic mass is 9.72. The van der Waals surface area contributed by atoms with Crippen LogP contribution in [0.4, 0.5) is 11.4 Å². The first-order chi connectivity index (χ1) is 9.35. The molecule has 1 spiro atoms. The Hall–Kier alpha value is -1.96. The maximum Gasteiger partial charge on any atom is 0.0373 e. The third-order valence-corrected chi connectivity index (χ3v) is 4.47. The minimum atomic E-state index is 0.322. The van der Waals surface area contributed by atoms with Crippen molar-refractivity contribution in [1.29, 1.82) is 0 Å². The third kappa shape index (κ3) is 1.79. The molecule has 2 N–H and O–H groups in total. The Morgan fingerprint density at radius 1 is 0.684 bits per heavy atom. The summed E-state index contributed by atoms with van der Waals surface area (Å²) in [6.07, 6.45) is 2.33. The Morgan fingerprint density at radius 2 is 1.16 bits per heavy atom. The molecule has 2 aromatic carbocycles. The van der Waals surface area contributed by atoms with Crippen LogP contribution in [0.5, 0.6) is 0 Å². The number of fused-ring (bicyclic) bond motifs is 2. The van der Waals surface area contributed by atoms with Crippen molar-refractivity contribution in [3.05, 3.63) is 59.7 Å². The molecule has 0 saturated carbocycles. The molecule has 0 atom stereocenters. The second kappa shape index (κ2) is 4.02. The predicted octanol–water partition coefficient (Wildman–Crippen LogP) is 3.31. The molecule has 0 aliphatic carbocycles. The molecule has 0 saturated heterocycles. The topological polar surface area (TPSA) is 24.1 Å². The van der Waals surface area contributed by atoms with E-state index in [1.807, 2.05) is 0 Å². The van der Waals surface area contributed by atoms with Crippen LogP contribution in [0.3, 0.4) is 0 Å². The van der Waals surface area contributed by atoms with Crippen molar-refractivity contribution in [2.45, 2.75) is 12.8 Å². The second-order valence-electron chi connectivity index (χ2n) is 5.87. The van der Waals surface area contributed by atoms with E-state index >= 15 is 0 Å². The average molecular weight is 250 g/mol. The van der Waals surface area contributed by atoms with Crippen LogP contribution in [0.2, 0.25) is 0 Å². The molecule has 4 rings (SSSR count). The van der Waals surface area contributed by atoms with Gasteiger partial charge in [0, 0.05) is 29.9 Å². The molecule has 2 heteroatoms. The lowest BCUT2D eigenvalue weighted by Crippen LogP contribution is -2.45. The first kappa shape index (κ1) is 10.9. The first-order valence-electron chi connectivity index (χ1n) is 6.98. The van der Waals surface area contributed by atoms with Gasteiger partial charge in [-0.3, -0.25) is 0 Å². The highest BCUT2D eigenvalue weighted by Gasteiger charge is 2.37. The van der Waals surface area contributed by atoms with Crippen molar-refractivity contribution in [1.82, 2.24) is 0 Å². The summed E-state index contributed by atoms with van der Waals surface area (Å²) in [4.78, 5) is 0. The zero-order valence-electron chi connectivity index (χ0n) is 10.9. The van der Waals surface area contributed by atoms with Crippen molar-refractivity contribution in [2.75, 3.05) is 23.7 Å². The van der Waals surface area contributed by atoms with Gasteiger partial charge in [0.2, 0.25) is 0 Å². The SMILES string of the molecule is c1ccc2c(c1)CC1(CN2)CNc2ccccc2C1. The monoisotopic (exact) mass is 250 g/mol. The number of hydrogen-bond acceptors (Lipinski definition) is 2. The van der Waals surface area contributed by atoms with E-state index in [-0.39, 0.29) is 0 Å². The summed E-state index contributed by atoms with van der Waals surface area (Å²) < 4.78 is 0. The first-order valence-corrected chi connectivity index (χ1v) is 6.98. The van der Waals surface area contributed by atoms with Gasteiger partial charge < -0.3 is 10.6 Å². The summed E-state index contributed by atoms with van der Waals surface area (Å²) >= 11 is 0. The third-order valence-electron chi connectivity index (χ3n) is 4.47. The van der Waals surface area contributed by atoms with Gasteiger partial charge in [-0.2, -0.15) is 0 Å². The van der Waals surface area contributed by atoms with Gasteiger partial charge in [-0.25, -0.2) is 0 Å². The van der Waals surface area contributed by atoms with Crippen LogP contribution in [-0.2, 0) is 12.8 Å². The highest BCUT2D eigenvalue weighted by Crippen LogP contribution is 2.39. The fourth-order valence-corrected chi connectivity index (χ4v) is 3.44. The summed E-state index contributed by atoms with van der Waals surface area (Å²) in [6.45, 7) is 2.12. The molecule has 2 heterocycles. The van der Waals surface area contributed by atoms with Crippen LogP contribution in [0, 0.1) is 5.41 Å². The Labute approximate surface area is 113 Å². The molecular formula is C17H18N2. The summed E-state index contributed by atoms with van der Waals surface area (Å²) in [6, 6.07) is 17.4. The Kier molecular flexibility index (Phi) is 2.31. The van der Waals surface area contributed by atoms with Crippen LogP contribution in [0.25, 0.3) is 0 Å². The van der Waals surface area contributed by atoms with Gasteiger partial charge in [-0.05, 0) is 36.1 Å². The fourth-order valence-electron chi connectivity index (χ4n) is 3.44. The quantitative estimate of drug-likeness (QED) is 0.749. The molecule has 2 nitrogen and oxygen atoms in total. The molecule has 2 aliphatic rings. The molecule has 0 amide bonds. The molecule has 0 radical (unpaired) electrons. The zero-order valence-corrected chi connectivity index (χ0v) is 10.9. The molecule has 2 aromatic rings. The van der Waals surface area contributed by atoms with Crippen LogP contribution in [0.15, 0.2) is 48.5 Å². The van der Waals surface area contributed by atoms with Gasteiger partial charge in [0.15, 0.2) is 0 Å². The summed E-state index contributed by atoms with van der Waals surface area (Å²) in [5, 5.41) is 7.23. The zero-order chi connectivity index (χ0) is 12.7. The van der Waals surface area contributed by atoms with Gasteiger partial charge in [0.25, 0.3) is 0 Å². The van der Waals surface area contributed by atoms with E-state index in [1.165, 1.54) is 22.5 Å². The van der Waals surface area contributed by atoms with Crippen LogP contribution in [0.1, 0.15) is 11.1 Å². The molecule has 0 fully saturated rings. The number of benzene rings is 2. The van der Waals surface area contributed by atoms with Gasteiger partial charge in [0.05, 0.1) is 0 Å². The number of para-hydroxylation sites is 2. The maximum absolute atomic E-state index is 3.61. The summed E-state index contributed by atoms with van der Waals surface area (Å²) in [5.41, 5.74) is 5.85. The molecule has 0 bridgehead atoms. The van der Waals surface area contributed by atoms with Crippen molar-refractivity contribution in [3.8, 4) is 0 Å². The van der Waals surface area contributed by atoms with Gasteiger partial charge in [-0.1, -0.05) is 36.4 Å². The van der Waals surface area contributed by atoms with E-state index in [2.05, 4.69) is 59.2 Å². The summed E-state index contributed by atoms with van der Waals surface area (Å²) in [5.74, 6) is 0. The molecule has 0 unspecified atom stereocenters. The molecular weight excluding hydrogens is 232 g/mol. The van der Waals surface area contributed by atoms with E-state index in [9.17, 15) is 0 Å². The minimum absolute atomic E-state index is 0.322. The highest BCUT2D eigenvalue weighted by molar-refractivity contribution is 5.58. The number of rotatable bonds is 0. The van der Waals surface area contributed by atoms with Gasteiger partial charge in [0.1, 0.15) is 0 Å². The van der Waals surface area contributed by atoms with Crippen molar-refractivity contribution in [3.63, 3.8) is 0 Å². The van der Waals surface area contributed by atoms with Crippen LogP contribution in [-0.4, -0.2) is 13.1 Å². The number of nitrogens with one attached hydrogen (secondary N) is 2. The largest absolute Gasteiger partial charge is 0.384 e. The Balaban J connectivity index is 1.68. The predicted molar refractivity (Wildman–Crippen MR) is 79.7 cm³/mol. The van der Waals surface area contributed by atoms with Crippen LogP contribution < -0.4 is 10.6 Å². The van der Waals surface area contributed by atoms with E-state index < -0.39 is 0 Å². The number of hydrogen-bond donors (Lipinski definition) is 2. The fraction of sp³-hybridized carbons (Fsp3) is 0.294. The van der Waals surface area contributed by atoms with Crippen molar-refractivity contribution < 1.29 is 0 Å². The van der Waals surface area contributed by atoms with E-state index in [1.54, 1.807) is 0 Å². The van der Waals surface area contributed by atoms with Crippen molar-refractivity contribution in [2.24, 2.45) is 5.41 Å².